The molecule has 0 unspecified atom stereocenters. The highest BCUT2D eigenvalue weighted by Crippen LogP contribution is 2.42. The zero-order chi connectivity index (χ0) is 33.1. The van der Waals surface area contributed by atoms with Crippen LogP contribution in [0.4, 0.5) is 5.69 Å². The summed E-state index contributed by atoms with van der Waals surface area (Å²) in [5.41, 5.74) is 4.15. The van der Waals surface area contributed by atoms with Crippen LogP contribution >= 0.6 is 0 Å². The van der Waals surface area contributed by atoms with E-state index in [4.69, 9.17) is 9.47 Å². The number of unbranched alkanes of at least 4 members (excludes halogenated alkanes) is 2. The molecule has 0 saturated carbocycles. The molecule has 248 valence electrons. The van der Waals surface area contributed by atoms with Gasteiger partial charge in [-0.1, -0.05) is 80.1 Å². The van der Waals surface area contributed by atoms with Crippen LogP contribution in [-0.4, -0.2) is 59.2 Å². The van der Waals surface area contributed by atoms with Crippen molar-refractivity contribution in [3.63, 3.8) is 0 Å². The van der Waals surface area contributed by atoms with Gasteiger partial charge in [0.15, 0.2) is 6.29 Å². The van der Waals surface area contributed by atoms with Gasteiger partial charge in [0.2, 0.25) is 11.8 Å². The second-order valence-electron chi connectivity index (χ2n) is 12.3. The van der Waals surface area contributed by atoms with E-state index in [0.717, 1.165) is 41.5 Å². The minimum absolute atomic E-state index is 0.0201. The van der Waals surface area contributed by atoms with Crippen LogP contribution in [0.3, 0.4) is 0 Å². The van der Waals surface area contributed by atoms with Crippen LogP contribution in [0, 0.1) is 5.92 Å². The summed E-state index contributed by atoms with van der Waals surface area (Å²) in [6.07, 6.45) is 0.970. The standard InChI is InChI=1S/C37H49N3O6/c1-25-33(23-40(4)26(2)35(44)29-12-7-5-8-13-29)45-37(46-36(25)30-19-17-28(24-41)18-20-30)31-14-11-15-32(22-31)39-34(43)16-9-6-10-21-38-27(3)42/h5,7-8,11-15,17-20,22,25-26,33,35-37,41,44H,6,9-10,16,21,23-24H2,1-4H3,(H,38,42)(H,39,43)/t25-,26-,33+,35-,36+,37+/m0/s1. The first-order valence-corrected chi connectivity index (χ1v) is 16.2. The number of nitrogens with one attached hydrogen (secondary N) is 2. The summed E-state index contributed by atoms with van der Waals surface area (Å²) in [4.78, 5) is 25.8. The molecule has 1 aliphatic rings. The maximum absolute atomic E-state index is 12.7. The molecule has 1 aliphatic heterocycles. The summed E-state index contributed by atoms with van der Waals surface area (Å²) >= 11 is 0. The Balaban J connectivity index is 1.47. The number of hydrogen-bond acceptors (Lipinski definition) is 7. The van der Waals surface area contributed by atoms with E-state index >= 15 is 0 Å². The Hall–Kier alpha value is -3.60. The van der Waals surface area contributed by atoms with Gasteiger partial charge in [-0.2, -0.15) is 0 Å². The van der Waals surface area contributed by atoms with Gasteiger partial charge in [-0.15, -0.1) is 0 Å². The monoisotopic (exact) mass is 631 g/mol. The van der Waals surface area contributed by atoms with E-state index in [1.807, 2.05) is 92.8 Å². The third kappa shape index (κ3) is 9.95. The predicted octanol–water partition coefficient (Wildman–Crippen LogP) is 5.66. The molecule has 2 amide bonds. The molecule has 4 rings (SSSR count). The lowest BCUT2D eigenvalue weighted by molar-refractivity contribution is -0.276. The summed E-state index contributed by atoms with van der Waals surface area (Å²) in [5, 5.41) is 26.4. The molecule has 0 aliphatic carbocycles. The number of benzene rings is 3. The molecule has 4 N–H and O–H groups in total. The van der Waals surface area contributed by atoms with Crippen LogP contribution in [0.1, 0.15) is 87.2 Å². The number of aliphatic hydroxyl groups is 2. The van der Waals surface area contributed by atoms with Crippen molar-refractivity contribution in [2.24, 2.45) is 5.92 Å². The van der Waals surface area contributed by atoms with Crippen molar-refractivity contribution in [2.45, 2.75) is 83.7 Å². The number of carbonyl (C=O) groups is 2. The molecule has 46 heavy (non-hydrogen) atoms. The molecule has 3 aromatic carbocycles. The Kier molecular flexibility index (Phi) is 13.3. The van der Waals surface area contributed by atoms with Gasteiger partial charge in [0.1, 0.15) is 0 Å². The van der Waals surface area contributed by atoms with Crippen molar-refractivity contribution in [3.8, 4) is 0 Å². The minimum atomic E-state index is -0.683. The fourth-order valence-corrected chi connectivity index (χ4v) is 5.79. The first-order valence-electron chi connectivity index (χ1n) is 16.2. The van der Waals surface area contributed by atoms with Gasteiger partial charge in [0.25, 0.3) is 0 Å². The van der Waals surface area contributed by atoms with Crippen LogP contribution in [0.5, 0.6) is 0 Å². The van der Waals surface area contributed by atoms with Crippen molar-refractivity contribution in [1.29, 1.82) is 0 Å². The third-order valence-electron chi connectivity index (χ3n) is 8.78. The number of aliphatic hydroxyl groups excluding tert-OH is 2. The first-order chi connectivity index (χ1) is 22.2. The van der Waals surface area contributed by atoms with E-state index in [2.05, 4.69) is 22.5 Å². The lowest BCUT2D eigenvalue weighted by atomic mass is 9.89. The number of carbonyl (C=O) groups excluding carboxylic acids is 2. The third-order valence-corrected chi connectivity index (χ3v) is 8.78. The molecule has 6 atom stereocenters. The summed E-state index contributed by atoms with van der Waals surface area (Å²) in [7, 11) is 2.00. The van der Waals surface area contributed by atoms with Crippen LogP contribution in [0.2, 0.25) is 0 Å². The van der Waals surface area contributed by atoms with E-state index in [0.29, 0.717) is 25.2 Å². The lowest BCUT2D eigenvalue weighted by Crippen LogP contribution is -2.46. The smallest absolute Gasteiger partial charge is 0.224 e. The number of rotatable bonds is 15. The molecule has 9 heteroatoms. The SMILES string of the molecule is CC(=O)NCCCCCC(=O)Nc1cccc([C@@H]2O[C@H](CN(C)[C@@H](C)[C@H](O)c3ccccc3)[C@H](C)[C@H](c3ccc(CO)cc3)O2)c1. The fourth-order valence-electron chi connectivity index (χ4n) is 5.79. The second-order valence-corrected chi connectivity index (χ2v) is 12.3. The molecule has 1 saturated heterocycles. The normalized spacial score (nSPS) is 21.0. The van der Waals surface area contributed by atoms with Gasteiger partial charge in [-0.3, -0.25) is 14.5 Å². The number of ether oxygens (including phenoxy) is 2. The largest absolute Gasteiger partial charge is 0.392 e. The molecule has 9 nitrogen and oxygen atoms in total. The van der Waals surface area contributed by atoms with Gasteiger partial charge < -0.3 is 30.3 Å². The Morgan fingerprint density at radius 2 is 1.67 bits per heavy atom. The minimum Gasteiger partial charge on any atom is -0.392 e. The molecule has 0 aromatic heterocycles. The van der Waals surface area contributed by atoms with Crippen molar-refractivity contribution in [3.05, 3.63) is 101 Å². The molecule has 0 bridgehead atoms. The van der Waals surface area contributed by atoms with Crippen LogP contribution in [0.15, 0.2) is 78.9 Å². The lowest BCUT2D eigenvalue weighted by Gasteiger charge is -2.43. The summed E-state index contributed by atoms with van der Waals surface area (Å²) in [6.45, 7) is 6.78. The topological polar surface area (TPSA) is 120 Å². The van der Waals surface area contributed by atoms with Gasteiger partial charge in [-0.05, 0) is 55.6 Å². The van der Waals surface area contributed by atoms with Crippen molar-refractivity contribution in [1.82, 2.24) is 10.2 Å². The van der Waals surface area contributed by atoms with E-state index in [9.17, 15) is 19.8 Å². The Bertz CT molecular complexity index is 1390. The zero-order valence-electron chi connectivity index (χ0n) is 27.4. The summed E-state index contributed by atoms with van der Waals surface area (Å²) in [6, 6.07) is 24.9. The maximum atomic E-state index is 12.7. The Labute approximate surface area is 272 Å². The fraction of sp³-hybridized carbons (Fsp3) is 0.459. The van der Waals surface area contributed by atoms with Crippen molar-refractivity contribution < 1.29 is 29.3 Å². The highest BCUT2D eigenvalue weighted by Gasteiger charge is 2.39. The molecular formula is C37H49N3O6. The Morgan fingerprint density at radius 3 is 2.37 bits per heavy atom. The van der Waals surface area contributed by atoms with Crippen molar-refractivity contribution in [2.75, 3.05) is 25.5 Å². The molecular weight excluding hydrogens is 582 g/mol. The van der Waals surface area contributed by atoms with Crippen LogP contribution < -0.4 is 10.6 Å². The summed E-state index contributed by atoms with van der Waals surface area (Å²) < 4.78 is 13.3. The van der Waals surface area contributed by atoms with E-state index in [1.165, 1.54) is 6.92 Å². The molecule has 0 radical (unpaired) electrons. The second kappa shape index (κ2) is 17.4. The quantitative estimate of drug-likeness (QED) is 0.160. The van der Waals surface area contributed by atoms with E-state index < -0.39 is 12.4 Å². The number of nitrogens with zero attached hydrogens (tertiary/aromatic N) is 1. The average Bonchev–Trinajstić information content (AvgIpc) is 3.07. The molecule has 0 spiro atoms. The highest BCUT2D eigenvalue weighted by atomic mass is 16.7. The number of amides is 2. The van der Waals surface area contributed by atoms with Gasteiger partial charge >= 0.3 is 0 Å². The van der Waals surface area contributed by atoms with Gasteiger partial charge in [0.05, 0.1) is 24.9 Å². The Morgan fingerprint density at radius 1 is 0.935 bits per heavy atom. The van der Waals surface area contributed by atoms with Crippen LogP contribution in [-0.2, 0) is 25.7 Å². The molecule has 3 aromatic rings. The molecule has 1 fully saturated rings. The molecule has 1 heterocycles. The number of anilines is 1. The van der Waals surface area contributed by atoms with E-state index in [1.54, 1.807) is 0 Å². The first kappa shape index (κ1) is 35.3. The zero-order valence-corrected chi connectivity index (χ0v) is 27.4. The van der Waals surface area contributed by atoms with Crippen LogP contribution in [0.25, 0.3) is 0 Å². The highest BCUT2D eigenvalue weighted by molar-refractivity contribution is 5.90. The van der Waals surface area contributed by atoms with Gasteiger partial charge in [-0.25, -0.2) is 0 Å². The predicted molar refractivity (Wildman–Crippen MR) is 179 cm³/mol. The van der Waals surface area contributed by atoms with E-state index in [-0.39, 0.29) is 42.6 Å². The summed E-state index contributed by atoms with van der Waals surface area (Å²) in [5.74, 6) is -0.130. The van der Waals surface area contributed by atoms with Crippen molar-refractivity contribution >= 4 is 17.5 Å². The van der Waals surface area contributed by atoms with Gasteiger partial charge in [0, 0.05) is 49.6 Å². The number of hydrogen-bond donors (Lipinski definition) is 4. The number of likely N-dealkylation sites (N-methyl/N-ethyl adjacent to an activating group) is 1. The maximum Gasteiger partial charge on any atom is 0.224 e. The average molecular weight is 632 g/mol.